The third-order valence-electron chi connectivity index (χ3n) is 1.77. The molecule has 0 amide bonds. The molecule has 0 saturated heterocycles. The molecular weight excluding hydrogens is 184 g/mol. The molecule has 0 atom stereocenters. The van der Waals surface area contributed by atoms with Gasteiger partial charge in [-0.2, -0.15) is 12.6 Å². The summed E-state index contributed by atoms with van der Waals surface area (Å²) in [7, 11) is 0. The molecular formula is C9H9N2OS-. The number of ether oxygens (including phenoxy) is 1. The van der Waals surface area contributed by atoms with Crippen molar-refractivity contribution in [3.05, 3.63) is 35.1 Å². The fourth-order valence-corrected chi connectivity index (χ4v) is 1.15. The Morgan fingerprint density at radius 2 is 2.54 bits per heavy atom. The second-order valence-electron chi connectivity index (χ2n) is 2.78. The molecule has 13 heavy (non-hydrogen) atoms. The van der Waals surface area contributed by atoms with E-state index in [4.69, 9.17) is 4.74 Å². The number of hydrogen-bond donors (Lipinski definition) is 1. The van der Waals surface area contributed by atoms with Crippen LogP contribution in [0.3, 0.4) is 0 Å². The van der Waals surface area contributed by atoms with Gasteiger partial charge in [-0.3, -0.25) is 0 Å². The van der Waals surface area contributed by atoms with Crippen molar-refractivity contribution >= 4 is 18.4 Å². The summed E-state index contributed by atoms with van der Waals surface area (Å²) in [5.74, 6) is 2.65. The summed E-state index contributed by atoms with van der Waals surface area (Å²) >= 11 is 4.15. The Balaban J connectivity index is 2.33. The van der Waals surface area contributed by atoms with Crippen LogP contribution in [0.25, 0.3) is 5.32 Å². The summed E-state index contributed by atoms with van der Waals surface area (Å²) in [5.41, 5.74) is 1.02. The van der Waals surface area contributed by atoms with Crippen LogP contribution in [0.1, 0.15) is 6.92 Å². The molecule has 2 rings (SSSR count). The van der Waals surface area contributed by atoms with Gasteiger partial charge >= 0.3 is 0 Å². The monoisotopic (exact) mass is 193 g/mol. The highest BCUT2D eigenvalue weighted by Crippen LogP contribution is 2.41. The zero-order valence-corrected chi connectivity index (χ0v) is 8.08. The van der Waals surface area contributed by atoms with E-state index in [0.717, 1.165) is 11.3 Å². The van der Waals surface area contributed by atoms with E-state index in [1.807, 2.05) is 19.1 Å². The summed E-state index contributed by atoms with van der Waals surface area (Å²) in [6, 6.07) is 3.68. The van der Waals surface area contributed by atoms with Crippen LogP contribution in [0.2, 0.25) is 0 Å². The van der Waals surface area contributed by atoms with Gasteiger partial charge in [0.25, 0.3) is 0 Å². The van der Waals surface area contributed by atoms with Crippen LogP contribution in [0.15, 0.2) is 29.8 Å². The molecule has 0 saturated carbocycles. The first-order valence-corrected chi connectivity index (χ1v) is 4.59. The van der Waals surface area contributed by atoms with Gasteiger partial charge in [0.15, 0.2) is 0 Å². The second kappa shape index (κ2) is 3.30. The molecule has 0 aromatic carbocycles. The van der Waals surface area contributed by atoms with E-state index in [0.29, 0.717) is 17.5 Å². The predicted molar refractivity (Wildman–Crippen MR) is 54.4 cm³/mol. The second-order valence-corrected chi connectivity index (χ2v) is 3.10. The molecule has 0 radical (unpaired) electrons. The molecule has 3 nitrogen and oxygen atoms in total. The highest BCUT2D eigenvalue weighted by atomic mass is 32.1. The Labute approximate surface area is 82.2 Å². The zero-order chi connectivity index (χ0) is 9.26. The van der Waals surface area contributed by atoms with Gasteiger partial charge in [-0.05, 0) is 24.4 Å². The maximum Gasteiger partial charge on any atom is 0.126 e. The number of thiol groups is 1. The molecule has 1 aliphatic heterocycles. The first-order chi connectivity index (χ1) is 6.31. The molecule has 1 aromatic rings. The quantitative estimate of drug-likeness (QED) is 0.696. The number of hydrogen-bond acceptors (Lipinski definition) is 3. The van der Waals surface area contributed by atoms with Crippen LogP contribution in [-0.2, 0) is 0 Å². The number of nitrogens with zero attached hydrogens (tertiary/aromatic N) is 2. The molecule has 4 heteroatoms. The van der Waals surface area contributed by atoms with Gasteiger partial charge in [0.05, 0.1) is 0 Å². The highest BCUT2D eigenvalue weighted by molar-refractivity contribution is 7.80. The van der Waals surface area contributed by atoms with Crippen LogP contribution in [0.5, 0.6) is 5.75 Å². The van der Waals surface area contributed by atoms with Gasteiger partial charge in [-0.1, -0.05) is 12.3 Å². The van der Waals surface area contributed by atoms with Crippen LogP contribution in [0, 0.1) is 0 Å². The molecule has 68 valence electrons. The van der Waals surface area contributed by atoms with Crippen molar-refractivity contribution in [2.24, 2.45) is 0 Å². The van der Waals surface area contributed by atoms with Crippen LogP contribution in [-0.4, -0.2) is 10.7 Å². The number of fused-ring (bicyclic) bond motifs is 1. The third-order valence-corrected chi connectivity index (χ3v) is 2.24. The van der Waals surface area contributed by atoms with E-state index in [1.165, 1.54) is 0 Å². The number of pyridine rings is 1. The Morgan fingerprint density at radius 3 is 3.23 bits per heavy atom. The average Bonchev–Trinajstić information content (AvgIpc) is 2.59. The fraction of sp³-hybridized carbons (Fsp3) is 0.222. The standard InChI is InChI=1S/C9H9N2OS/c1-6(5-13)9-11-8-7(12-9)3-2-4-10-8/h2-4H,5H2,1H3,(H-,10,11,13)/q-1. The Kier molecular flexibility index (Phi) is 2.14. The molecule has 0 bridgehead atoms. The Bertz CT molecular complexity index is 335. The van der Waals surface area contributed by atoms with Gasteiger partial charge in [0.2, 0.25) is 0 Å². The molecule has 0 spiro atoms. The van der Waals surface area contributed by atoms with Gasteiger partial charge in [-0.15, -0.1) is 0 Å². The molecule has 0 unspecified atom stereocenters. The van der Waals surface area contributed by atoms with Gasteiger partial charge in [0, 0.05) is 5.75 Å². The van der Waals surface area contributed by atoms with Crippen LogP contribution >= 0.6 is 12.6 Å². The summed E-state index contributed by atoms with van der Waals surface area (Å²) in [5, 5.41) is 4.22. The summed E-state index contributed by atoms with van der Waals surface area (Å²) < 4.78 is 5.46. The van der Waals surface area contributed by atoms with E-state index in [1.54, 1.807) is 6.20 Å². The number of rotatable bonds is 1. The normalized spacial score (nSPS) is 17.4. The Morgan fingerprint density at radius 1 is 1.69 bits per heavy atom. The Hall–Kier alpha value is -1.16. The first-order valence-electron chi connectivity index (χ1n) is 3.96. The van der Waals surface area contributed by atoms with E-state index in [2.05, 4.69) is 22.9 Å². The summed E-state index contributed by atoms with van der Waals surface area (Å²) in [6.45, 7) is 1.94. The minimum Gasteiger partial charge on any atom is -0.461 e. The molecule has 2 heterocycles. The first kappa shape index (κ1) is 8.44. The van der Waals surface area contributed by atoms with Gasteiger partial charge in [-0.25, -0.2) is 0 Å². The minimum absolute atomic E-state index is 0.628. The predicted octanol–water partition coefficient (Wildman–Crippen LogP) is 2.64. The molecule has 1 aliphatic rings. The zero-order valence-electron chi connectivity index (χ0n) is 7.19. The van der Waals surface area contributed by atoms with Crippen molar-refractivity contribution in [2.75, 3.05) is 5.75 Å². The maximum atomic E-state index is 5.46. The van der Waals surface area contributed by atoms with Crippen molar-refractivity contribution in [3.8, 4) is 5.75 Å². The molecule has 1 aromatic heterocycles. The van der Waals surface area contributed by atoms with E-state index in [9.17, 15) is 0 Å². The topological polar surface area (TPSA) is 36.2 Å². The number of aromatic nitrogens is 1. The SMILES string of the molecule is CC(CS)=C1[N-]c2ncccc2O1. The lowest BCUT2D eigenvalue weighted by molar-refractivity contribution is 0.455. The van der Waals surface area contributed by atoms with Crippen molar-refractivity contribution in [3.63, 3.8) is 0 Å². The van der Waals surface area contributed by atoms with Gasteiger partial charge in [0.1, 0.15) is 11.6 Å². The lowest BCUT2D eigenvalue weighted by Crippen LogP contribution is -1.91. The smallest absolute Gasteiger partial charge is 0.126 e. The van der Waals surface area contributed by atoms with Crippen molar-refractivity contribution in [2.45, 2.75) is 6.92 Å². The maximum absolute atomic E-state index is 5.46. The molecule has 0 aliphatic carbocycles. The van der Waals surface area contributed by atoms with E-state index < -0.39 is 0 Å². The lowest BCUT2D eigenvalue weighted by atomic mass is 10.4. The van der Waals surface area contributed by atoms with E-state index >= 15 is 0 Å². The van der Waals surface area contributed by atoms with Crippen molar-refractivity contribution in [1.29, 1.82) is 0 Å². The minimum atomic E-state index is 0.628. The lowest BCUT2D eigenvalue weighted by Gasteiger charge is -2.06. The van der Waals surface area contributed by atoms with Crippen molar-refractivity contribution < 1.29 is 4.74 Å². The highest BCUT2D eigenvalue weighted by Gasteiger charge is 2.10. The average molecular weight is 193 g/mol. The largest absolute Gasteiger partial charge is 0.461 e. The third kappa shape index (κ3) is 1.49. The van der Waals surface area contributed by atoms with Crippen LogP contribution in [0.4, 0.5) is 5.82 Å². The fourth-order valence-electron chi connectivity index (χ4n) is 1.02. The van der Waals surface area contributed by atoms with Crippen molar-refractivity contribution in [1.82, 2.24) is 4.98 Å². The molecule has 0 fully saturated rings. The summed E-state index contributed by atoms with van der Waals surface area (Å²) in [4.78, 5) is 4.08. The van der Waals surface area contributed by atoms with Crippen LogP contribution < -0.4 is 4.74 Å². The summed E-state index contributed by atoms with van der Waals surface area (Å²) in [6.07, 6.45) is 1.70. The van der Waals surface area contributed by atoms with E-state index in [-0.39, 0.29) is 0 Å². The molecule has 0 N–H and O–H groups in total. The van der Waals surface area contributed by atoms with Gasteiger partial charge < -0.3 is 15.0 Å².